The molecular weight excluding hydrogens is 236 g/mol. The van der Waals surface area contributed by atoms with Crippen LogP contribution in [-0.4, -0.2) is 28.6 Å². The first-order valence-electron chi connectivity index (χ1n) is 5.28. The molecule has 1 amide bonds. The molecule has 92 valence electrons. The molecule has 0 spiro atoms. The second-order valence-corrected chi connectivity index (χ2v) is 4.80. The van der Waals surface area contributed by atoms with Gasteiger partial charge in [-0.05, 0) is 31.0 Å². The number of carbonyl (C=O) groups is 2. The zero-order valence-corrected chi connectivity index (χ0v) is 10.7. The largest absolute Gasteiger partial charge is 0.320 e. The summed E-state index contributed by atoms with van der Waals surface area (Å²) in [7, 11) is 0. The van der Waals surface area contributed by atoms with Gasteiger partial charge in [0, 0.05) is 11.8 Å². The van der Waals surface area contributed by atoms with Crippen molar-refractivity contribution in [2.24, 2.45) is 5.73 Å². The maximum absolute atomic E-state index is 11.4. The average Bonchev–Trinajstić information content (AvgIpc) is 2.29. The monoisotopic (exact) mass is 252 g/mol. The Kier molecular flexibility index (Phi) is 5.18. The number of Topliss-reactive ketones (excluding diaryl/α,β-unsaturated/α-hetero) is 1. The summed E-state index contributed by atoms with van der Waals surface area (Å²) in [5, 5.41) is 0. The van der Waals surface area contributed by atoms with Crippen molar-refractivity contribution in [2.45, 2.75) is 24.8 Å². The van der Waals surface area contributed by atoms with Gasteiger partial charge in [-0.3, -0.25) is 13.9 Å². The van der Waals surface area contributed by atoms with Crippen LogP contribution >= 0.6 is 11.9 Å². The number of amides is 1. The van der Waals surface area contributed by atoms with Gasteiger partial charge < -0.3 is 5.73 Å². The van der Waals surface area contributed by atoms with Crippen molar-refractivity contribution in [2.75, 3.05) is 6.54 Å². The van der Waals surface area contributed by atoms with E-state index in [1.165, 1.54) is 30.1 Å². The zero-order chi connectivity index (χ0) is 12.8. The lowest BCUT2D eigenvalue weighted by molar-refractivity contribution is -0.124. The Balaban J connectivity index is 2.67. The fourth-order valence-corrected chi connectivity index (χ4v) is 2.04. The number of carbonyl (C=O) groups excluding carboxylic acids is 2. The Morgan fingerprint density at radius 2 is 1.88 bits per heavy atom. The molecule has 1 rings (SSSR count). The van der Waals surface area contributed by atoms with Crippen molar-refractivity contribution in [3.05, 3.63) is 30.3 Å². The van der Waals surface area contributed by atoms with Crippen LogP contribution in [0.1, 0.15) is 13.8 Å². The van der Waals surface area contributed by atoms with Gasteiger partial charge in [0.2, 0.25) is 5.91 Å². The first-order valence-corrected chi connectivity index (χ1v) is 6.05. The van der Waals surface area contributed by atoms with Gasteiger partial charge >= 0.3 is 0 Å². The van der Waals surface area contributed by atoms with Gasteiger partial charge in [0.25, 0.3) is 0 Å². The number of nitrogens with zero attached hydrogens (tertiary/aromatic N) is 1. The van der Waals surface area contributed by atoms with E-state index in [9.17, 15) is 9.59 Å². The molecule has 1 atom stereocenters. The number of nitrogens with two attached hydrogens (primary N) is 1. The van der Waals surface area contributed by atoms with Crippen LogP contribution in [0.2, 0.25) is 0 Å². The molecule has 0 saturated carbocycles. The predicted octanol–water partition coefficient (Wildman–Crippen LogP) is 1.46. The van der Waals surface area contributed by atoms with Crippen LogP contribution in [-0.2, 0) is 9.59 Å². The molecule has 0 aliphatic carbocycles. The second-order valence-electron chi connectivity index (χ2n) is 3.70. The highest BCUT2D eigenvalue weighted by molar-refractivity contribution is 7.97. The van der Waals surface area contributed by atoms with Crippen LogP contribution in [0.15, 0.2) is 35.2 Å². The minimum absolute atomic E-state index is 0.115. The normalized spacial score (nSPS) is 11.9. The molecule has 1 aromatic rings. The molecule has 0 aromatic heterocycles. The maximum Gasteiger partial charge on any atom is 0.229 e. The van der Waals surface area contributed by atoms with Crippen LogP contribution in [0.25, 0.3) is 0 Å². The van der Waals surface area contributed by atoms with Crippen LogP contribution in [0.5, 0.6) is 0 Å². The summed E-state index contributed by atoms with van der Waals surface area (Å²) in [5.74, 6) is -0.236. The fraction of sp³-hybridized carbons (Fsp3) is 0.333. The number of hydrogen-bond donors (Lipinski definition) is 1. The van der Waals surface area contributed by atoms with Gasteiger partial charge in [-0.15, -0.1) is 0 Å². The molecule has 0 aliphatic rings. The predicted molar refractivity (Wildman–Crippen MR) is 68.3 cm³/mol. The minimum atomic E-state index is -0.630. The summed E-state index contributed by atoms with van der Waals surface area (Å²) in [4.78, 5) is 23.5. The first-order chi connectivity index (χ1) is 8.00. The van der Waals surface area contributed by atoms with Crippen LogP contribution in [0, 0.1) is 0 Å². The SMILES string of the molecule is CC(=O)[C@@H](N)CN(Sc1ccccc1)C(C)=O. The average molecular weight is 252 g/mol. The van der Waals surface area contributed by atoms with Crippen molar-refractivity contribution in [1.29, 1.82) is 0 Å². The smallest absolute Gasteiger partial charge is 0.229 e. The van der Waals surface area contributed by atoms with E-state index in [4.69, 9.17) is 5.73 Å². The number of benzene rings is 1. The Bertz CT molecular complexity index is 395. The highest BCUT2D eigenvalue weighted by Gasteiger charge is 2.17. The van der Waals surface area contributed by atoms with E-state index in [0.717, 1.165) is 4.90 Å². The van der Waals surface area contributed by atoms with E-state index in [0.29, 0.717) is 0 Å². The number of ketones is 1. The molecule has 0 aliphatic heterocycles. The molecule has 0 saturated heterocycles. The van der Waals surface area contributed by atoms with E-state index in [1.807, 2.05) is 30.3 Å². The van der Waals surface area contributed by atoms with E-state index in [-0.39, 0.29) is 18.2 Å². The molecule has 0 bridgehead atoms. The Labute approximate surface area is 105 Å². The maximum atomic E-state index is 11.4. The lowest BCUT2D eigenvalue weighted by Crippen LogP contribution is -2.40. The molecule has 2 N–H and O–H groups in total. The van der Waals surface area contributed by atoms with Crippen molar-refractivity contribution >= 4 is 23.6 Å². The first kappa shape index (κ1) is 13.7. The van der Waals surface area contributed by atoms with E-state index < -0.39 is 6.04 Å². The lowest BCUT2D eigenvalue weighted by atomic mass is 10.2. The van der Waals surface area contributed by atoms with E-state index in [2.05, 4.69) is 0 Å². The highest BCUT2D eigenvalue weighted by atomic mass is 32.2. The van der Waals surface area contributed by atoms with Crippen molar-refractivity contribution < 1.29 is 9.59 Å². The second kappa shape index (κ2) is 6.42. The summed E-state index contributed by atoms with van der Waals surface area (Å²) in [6.45, 7) is 3.11. The van der Waals surface area contributed by atoms with Crippen molar-refractivity contribution in [3.8, 4) is 0 Å². The Morgan fingerprint density at radius 3 is 2.35 bits per heavy atom. The summed E-state index contributed by atoms with van der Waals surface area (Å²) < 4.78 is 1.50. The lowest BCUT2D eigenvalue weighted by Gasteiger charge is -2.22. The van der Waals surface area contributed by atoms with Gasteiger partial charge in [0.05, 0.1) is 12.6 Å². The third kappa shape index (κ3) is 4.58. The topological polar surface area (TPSA) is 63.4 Å². The molecule has 0 unspecified atom stereocenters. The molecule has 17 heavy (non-hydrogen) atoms. The summed E-state index contributed by atoms with van der Waals surface area (Å²) >= 11 is 1.29. The number of hydrogen-bond acceptors (Lipinski definition) is 4. The van der Waals surface area contributed by atoms with E-state index >= 15 is 0 Å². The van der Waals surface area contributed by atoms with Gasteiger partial charge in [-0.25, -0.2) is 0 Å². The van der Waals surface area contributed by atoms with E-state index in [1.54, 1.807) is 0 Å². The molecule has 1 aromatic carbocycles. The fourth-order valence-electron chi connectivity index (χ4n) is 1.15. The Hall–Kier alpha value is -1.33. The number of rotatable bonds is 5. The molecule has 5 heteroatoms. The minimum Gasteiger partial charge on any atom is -0.320 e. The third-order valence-electron chi connectivity index (χ3n) is 2.19. The molecule has 0 heterocycles. The molecule has 4 nitrogen and oxygen atoms in total. The standard InChI is InChI=1S/C12H16N2O2S/c1-9(15)12(13)8-14(10(2)16)17-11-6-4-3-5-7-11/h3-7,12H,8,13H2,1-2H3/t12-/m0/s1. The van der Waals surface area contributed by atoms with Crippen molar-refractivity contribution in [3.63, 3.8) is 0 Å². The van der Waals surface area contributed by atoms with Gasteiger partial charge in [-0.2, -0.15) is 0 Å². The van der Waals surface area contributed by atoms with Gasteiger partial charge in [0.15, 0.2) is 0 Å². The third-order valence-corrected chi connectivity index (χ3v) is 3.30. The van der Waals surface area contributed by atoms with Crippen LogP contribution in [0.4, 0.5) is 0 Å². The summed E-state index contributed by atoms with van der Waals surface area (Å²) in [5.41, 5.74) is 5.65. The van der Waals surface area contributed by atoms with Crippen molar-refractivity contribution in [1.82, 2.24) is 4.31 Å². The summed E-state index contributed by atoms with van der Waals surface area (Å²) in [6.07, 6.45) is 0. The van der Waals surface area contributed by atoms with Crippen LogP contribution in [0.3, 0.4) is 0 Å². The zero-order valence-electron chi connectivity index (χ0n) is 9.92. The van der Waals surface area contributed by atoms with Gasteiger partial charge in [-0.1, -0.05) is 18.2 Å². The molecule has 0 radical (unpaired) electrons. The highest BCUT2D eigenvalue weighted by Crippen LogP contribution is 2.22. The Morgan fingerprint density at radius 1 is 1.29 bits per heavy atom. The van der Waals surface area contributed by atoms with Gasteiger partial charge in [0.1, 0.15) is 5.78 Å². The summed E-state index contributed by atoms with van der Waals surface area (Å²) in [6, 6.07) is 8.87. The molecule has 0 fully saturated rings. The quantitative estimate of drug-likeness (QED) is 0.806. The van der Waals surface area contributed by atoms with Crippen LogP contribution < -0.4 is 5.73 Å². The molecular formula is C12H16N2O2S.